The van der Waals surface area contributed by atoms with Crippen LogP contribution in [0.4, 0.5) is 4.79 Å². The second-order valence-electron chi connectivity index (χ2n) is 10.6. The molecular formula is C29H37NO2. The first-order chi connectivity index (χ1) is 15.4. The van der Waals surface area contributed by atoms with Gasteiger partial charge in [0.1, 0.15) is 6.61 Å². The predicted octanol–water partition coefficient (Wildman–Crippen LogP) is 7.42. The molecule has 1 aliphatic heterocycles. The minimum Gasteiger partial charge on any atom is -0.448 e. The van der Waals surface area contributed by atoms with E-state index >= 15 is 0 Å². The van der Waals surface area contributed by atoms with Crippen molar-refractivity contribution in [3.8, 4) is 11.1 Å². The summed E-state index contributed by atoms with van der Waals surface area (Å²) in [4.78, 5) is 15.3. The quantitative estimate of drug-likeness (QED) is 0.427. The summed E-state index contributed by atoms with van der Waals surface area (Å²) in [5, 5.41) is 0. The highest BCUT2D eigenvalue weighted by Gasteiger charge is 2.37. The number of hydrogen-bond donors (Lipinski definition) is 0. The van der Waals surface area contributed by atoms with Gasteiger partial charge in [0, 0.05) is 18.5 Å². The van der Waals surface area contributed by atoms with Gasteiger partial charge in [0.05, 0.1) is 0 Å². The fourth-order valence-electron chi connectivity index (χ4n) is 5.74. The van der Waals surface area contributed by atoms with Crippen LogP contribution in [0.15, 0.2) is 61.2 Å². The van der Waals surface area contributed by atoms with Crippen molar-refractivity contribution < 1.29 is 9.53 Å². The highest BCUT2D eigenvalue weighted by molar-refractivity contribution is 5.79. The van der Waals surface area contributed by atoms with Gasteiger partial charge in [-0.15, -0.1) is 6.58 Å². The Balaban J connectivity index is 1.47. The van der Waals surface area contributed by atoms with Crippen LogP contribution >= 0.6 is 0 Å². The number of hydrogen-bond acceptors (Lipinski definition) is 2. The summed E-state index contributed by atoms with van der Waals surface area (Å²) in [6, 6.07) is 17.3. The van der Waals surface area contributed by atoms with Gasteiger partial charge < -0.3 is 9.64 Å². The Kier molecular flexibility index (Phi) is 6.74. The van der Waals surface area contributed by atoms with Gasteiger partial charge >= 0.3 is 6.09 Å². The normalized spacial score (nSPS) is 18.8. The van der Waals surface area contributed by atoms with Crippen molar-refractivity contribution in [3.63, 3.8) is 0 Å². The Morgan fingerprint density at radius 1 is 1.12 bits per heavy atom. The zero-order chi connectivity index (χ0) is 22.7. The first-order valence-corrected chi connectivity index (χ1v) is 12.1. The first kappa shape index (κ1) is 22.6. The van der Waals surface area contributed by atoms with E-state index in [-0.39, 0.29) is 23.5 Å². The van der Waals surface area contributed by atoms with E-state index in [1.807, 2.05) is 11.0 Å². The van der Waals surface area contributed by atoms with Crippen molar-refractivity contribution >= 4 is 6.09 Å². The molecule has 3 heteroatoms. The van der Waals surface area contributed by atoms with Crippen molar-refractivity contribution in [2.45, 2.75) is 64.8 Å². The zero-order valence-electron chi connectivity index (χ0n) is 19.8. The van der Waals surface area contributed by atoms with E-state index in [2.05, 4.69) is 75.9 Å². The molecule has 1 fully saturated rings. The molecule has 2 aliphatic rings. The van der Waals surface area contributed by atoms with Crippen LogP contribution in [-0.4, -0.2) is 30.2 Å². The molecule has 0 spiro atoms. The number of nitrogens with zero attached hydrogens (tertiary/aromatic N) is 1. The Labute approximate surface area is 193 Å². The lowest BCUT2D eigenvalue weighted by molar-refractivity contribution is 0.0772. The largest absolute Gasteiger partial charge is 0.448 e. The van der Waals surface area contributed by atoms with E-state index in [9.17, 15) is 4.79 Å². The average Bonchev–Trinajstić information content (AvgIpc) is 3.38. The van der Waals surface area contributed by atoms with Gasteiger partial charge in [-0.25, -0.2) is 4.79 Å². The third kappa shape index (κ3) is 4.77. The molecule has 0 radical (unpaired) electrons. The van der Waals surface area contributed by atoms with Crippen molar-refractivity contribution in [2.24, 2.45) is 11.3 Å². The van der Waals surface area contributed by atoms with Crippen LogP contribution in [0.3, 0.4) is 0 Å². The number of carbonyl (C=O) groups excluding carboxylic acids is 1. The summed E-state index contributed by atoms with van der Waals surface area (Å²) >= 11 is 0. The van der Waals surface area contributed by atoms with Gasteiger partial charge in [-0.1, -0.05) is 75.4 Å². The van der Waals surface area contributed by atoms with E-state index in [0.29, 0.717) is 12.5 Å². The molecule has 32 heavy (non-hydrogen) atoms. The number of carbonyl (C=O) groups is 1. The number of likely N-dealkylation sites (tertiary alicyclic amines) is 1. The highest BCUT2D eigenvalue weighted by atomic mass is 16.6. The lowest BCUT2D eigenvalue weighted by atomic mass is 9.78. The van der Waals surface area contributed by atoms with Crippen LogP contribution in [0.2, 0.25) is 0 Å². The molecule has 0 bridgehead atoms. The summed E-state index contributed by atoms with van der Waals surface area (Å²) in [5.41, 5.74) is 5.28. The van der Waals surface area contributed by atoms with Crippen molar-refractivity contribution in [1.82, 2.24) is 4.90 Å². The van der Waals surface area contributed by atoms with Crippen LogP contribution in [0, 0.1) is 11.3 Å². The molecule has 2 unspecified atom stereocenters. The van der Waals surface area contributed by atoms with Crippen LogP contribution in [0.5, 0.6) is 0 Å². The van der Waals surface area contributed by atoms with Gasteiger partial charge in [-0.3, -0.25) is 0 Å². The molecule has 0 N–H and O–H groups in total. The molecule has 1 amide bonds. The maximum Gasteiger partial charge on any atom is 0.410 e. The molecule has 1 saturated heterocycles. The minimum atomic E-state index is -0.146. The minimum absolute atomic E-state index is 0.110. The molecule has 1 heterocycles. The smallest absolute Gasteiger partial charge is 0.410 e. The summed E-state index contributed by atoms with van der Waals surface area (Å²) in [7, 11) is 0. The molecule has 2 atom stereocenters. The molecular weight excluding hydrogens is 394 g/mol. The number of fused-ring (bicyclic) bond motifs is 3. The summed E-state index contributed by atoms with van der Waals surface area (Å²) in [6.07, 6.45) is 7.17. The number of amides is 1. The van der Waals surface area contributed by atoms with Crippen molar-refractivity contribution in [2.75, 3.05) is 13.2 Å². The maximum absolute atomic E-state index is 13.3. The fraction of sp³-hybridized carbons (Fsp3) is 0.483. The number of allylic oxidation sites excluding steroid dienone is 1. The molecule has 0 aromatic heterocycles. The third-order valence-electron chi connectivity index (χ3n) is 7.03. The topological polar surface area (TPSA) is 29.5 Å². The van der Waals surface area contributed by atoms with E-state index in [0.717, 1.165) is 38.6 Å². The van der Waals surface area contributed by atoms with E-state index in [1.165, 1.54) is 22.3 Å². The predicted molar refractivity (Wildman–Crippen MR) is 132 cm³/mol. The van der Waals surface area contributed by atoms with Gasteiger partial charge in [0.25, 0.3) is 0 Å². The van der Waals surface area contributed by atoms with E-state index in [4.69, 9.17) is 4.74 Å². The Morgan fingerprint density at radius 3 is 2.34 bits per heavy atom. The number of ether oxygens (including phenoxy) is 1. The Morgan fingerprint density at radius 2 is 1.75 bits per heavy atom. The van der Waals surface area contributed by atoms with Crippen LogP contribution in [-0.2, 0) is 4.74 Å². The molecule has 170 valence electrons. The number of benzene rings is 2. The molecule has 4 rings (SSSR count). The van der Waals surface area contributed by atoms with Gasteiger partial charge in [-0.2, -0.15) is 0 Å². The molecule has 2 aromatic rings. The lowest BCUT2D eigenvalue weighted by Crippen LogP contribution is -2.42. The number of rotatable bonds is 7. The van der Waals surface area contributed by atoms with Crippen molar-refractivity contribution in [1.29, 1.82) is 0 Å². The Bertz CT molecular complexity index is 912. The fourth-order valence-corrected chi connectivity index (χ4v) is 5.74. The molecule has 2 aromatic carbocycles. The van der Waals surface area contributed by atoms with Crippen LogP contribution < -0.4 is 0 Å². The van der Waals surface area contributed by atoms with Crippen molar-refractivity contribution in [3.05, 3.63) is 72.3 Å². The SMILES string of the molecule is C=CCCC(CC(C)(C)C)C1CCCN1C(=O)OCC1c2ccccc2-c2ccccc21. The summed E-state index contributed by atoms with van der Waals surface area (Å²) < 4.78 is 6.01. The maximum atomic E-state index is 13.3. The summed E-state index contributed by atoms with van der Waals surface area (Å²) in [5.74, 6) is 0.592. The molecule has 0 saturated carbocycles. The average molecular weight is 432 g/mol. The molecule has 3 nitrogen and oxygen atoms in total. The van der Waals surface area contributed by atoms with Crippen LogP contribution in [0.25, 0.3) is 11.1 Å². The first-order valence-electron chi connectivity index (χ1n) is 12.1. The monoisotopic (exact) mass is 431 g/mol. The van der Waals surface area contributed by atoms with Gasteiger partial charge in [-0.05, 0) is 65.7 Å². The van der Waals surface area contributed by atoms with Gasteiger partial charge in [0.15, 0.2) is 0 Å². The van der Waals surface area contributed by atoms with Crippen LogP contribution in [0.1, 0.15) is 69.9 Å². The lowest BCUT2D eigenvalue weighted by Gasteiger charge is -2.35. The molecule has 1 aliphatic carbocycles. The van der Waals surface area contributed by atoms with E-state index in [1.54, 1.807) is 0 Å². The standard InChI is InChI=1S/C29H37NO2/c1-5-6-12-21(19-29(2,3)4)27-17-11-18-30(27)28(31)32-20-26-24-15-9-7-13-22(24)23-14-8-10-16-25(23)26/h5,7-10,13-16,21,26-27H,1,6,11-12,17-20H2,2-4H3. The zero-order valence-corrected chi connectivity index (χ0v) is 19.8. The Hall–Kier alpha value is -2.55. The third-order valence-corrected chi connectivity index (χ3v) is 7.03. The second kappa shape index (κ2) is 9.52. The summed E-state index contributed by atoms with van der Waals surface area (Å²) in [6.45, 7) is 12.0. The highest BCUT2D eigenvalue weighted by Crippen LogP contribution is 2.44. The second-order valence-corrected chi connectivity index (χ2v) is 10.6. The van der Waals surface area contributed by atoms with E-state index < -0.39 is 0 Å². The van der Waals surface area contributed by atoms with Gasteiger partial charge in [0.2, 0.25) is 0 Å².